The number of anilines is 2. The Morgan fingerprint density at radius 1 is 1.35 bits per heavy atom. The molecular formula is C15H21N3O2. The zero-order valence-electron chi connectivity index (χ0n) is 11.5. The summed E-state index contributed by atoms with van der Waals surface area (Å²) in [5.74, 6) is -0.0693. The Labute approximate surface area is 119 Å². The summed E-state index contributed by atoms with van der Waals surface area (Å²) in [6, 6.07) is 7.69. The first-order valence-corrected chi connectivity index (χ1v) is 7.30. The van der Waals surface area contributed by atoms with E-state index < -0.39 is 6.10 Å². The summed E-state index contributed by atoms with van der Waals surface area (Å²) in [4.78, 5) is 14.4. The Morgan fingerprint density at radius 2 is 2.15 bits per heavy atom. The van der Waals surface area contributed by atoms with Gasteiger partial charge in [0.25, 0.3) is 0 Å². The van der Waals surface area contributed by atoms with Crippen molar-refractivity contribution in [1.29, 1.82) is 0 Å². The van der Waals surface area contributed by atoms with E-state index in [1.54, 1.807) is 0 Å². The van der Waals surface area contributed by atoms with Crippen LogP contribution in [0.2, 0.25) is 0 Å². The Balaban J connectivity index is 1.65. The summed E-state index contributed by atoms with van der Waals surface area (Å²) in [5.41, 5.74) is 1.99. The average Bonchev–Trinajstić information content (AvgIpc) is 3.10. The monoisotopic (exact) mass is 275 g/mol. The molecular weight excluding hydrogens is 254 g/mol. The molecule has 1 amide bonds. The van der Waals surface area contributed by atoms with E-state index in [4.69, 9.17) is 0 Å². The molecule has 0 aromatic heterocycles. The van der Waals surface area contributed by atoms with Crippen molar-refractivity contribution in [2.45, 2.75) is 31.4 Å². The molecule has 2 heterocycles. The van der Waals surface area contributed by atoms with Gasteiger partial charge in [0.15, 0.2) is 0 Å². The van der Waals surface area contributed by atoms with Crippen LogP contribution in [0.15, 0.2) is 24.3 Å². The number of amides is 1. The lowest BCUT2D eigenvalue weighted by Crippen LogP contribution is -2.35. The standard InChI is InChI=1S/C15H21N3O2/c19-13-9-14(16-10-13)15(20)17-11-4-3-5-12(8-11)18-6-1-2-7-18/h3-5,8,13-14,16,19H,1-2,6-7,9-10H2,(H,17,20). The maximum absolute atomic E-state index is 12.1. The van der Waals surface area contributed by atoms with Gasteiger partial charge in [0, 0.05) is 31.0 Å². The molecule has 20 heavy (non-hydrogen) atoms. The van der Waals surface area contributed by atoms with Gasteiger partial charge in [0.05, 0.1) is 12.1 Å². The number of hydrogen-bond donors (Lipinski definition) is 3. The lowest BCUT2D eigenvalue weighted by atomic mass is 10.2. The quantitative estimate of drug-likeness (QED) is 0.768. The molecule has 5 nitrogen and oxygen atoms in total. The molecule has 2 aliphatic rings. The van der Waals surface area contributed by atoms with Crippen LogP contribution < -0.4 is 15.5 Å². The van der Waals surface area contributed by atoms with Crippen LogP contribution in [0.3, 0.4) is 0 Å². The van der Waals surface area contributed by atoms with Gasteiger partial charge >= 0.3 is 0 Å². The molecule has 2 aliphatic heterocycles. The zero-order valence-corrected chi connectivity index (χ0v) is 11.5. The smallest absolute Gasteiger partial charge is 0.241 e. The highest BCUT2D eigenvalue weighted by Crippen LogP contribution is 2.23. The van der Waals surface area contributed by atoms with Crippen molar-refractivity contribution in [1.82, 2.24) is 5.32 Å². The van der Waals surface area contributed by atoms with Gasteiger partial charge in [-0.25, -0.2) is 0 Å². The molecule has 0 radical (unpaired) electrons. The second kappa shape index (κ2) is 5.81. The fourth-order valence-corrected chi connectivity index (χ4v) is 2.90. The third-order valence-corrected chi connectivity index (χ3v) is 4.01. The van der Waals surface area contributed by atoms with Crippen molar-refractivity contribution >= 4 is 17.3 Å². The van der Waals surface area contributed by atoms with Crippen molar-refractivity contribution in [2.75, 3.05) is 29.9 Å². The fraction of sp³-hybridized carbons (Fsp3) is 0.533. The summed E-state index contributed by atoms with van der Waals surface area (Å²) in [7, 11) is 0. The summed E-state index contributed by atoms with van der Waals surface area (Å²) in [6.45, 7) is 2.67. The molecule has 2 atom stereocenters. The topological polar surface area (TPSA) is 64.6 Å². The molecule has 1 aromatic carbocycles. The van der Waals surface area contributed by atoms with Crippen molar-refractivity contribution in [3.63, 3.8) is 0 Å². The normalized spacial score (nSPS) is 25.9. The number of carbonyl (C=O) groups is 1. The number of aliphatic hydroxyl groups excluding tert-OH is 1. The van der Waals surface area contributed by atoms with Crippen LogP contribution in [0.1, 0.15) is 19.3 Å². The highest BCUT2D eigenvalue weighted by molar-refractivity contribution is 5.95. The second-order valence-corrected chi connectivity index (χ2v) is 5.58. The van der Waals surface area contributed by atoms with Crippen LogP contribution in [0.25, 0.3) is 0 Å². The number of rotatable bonds is 3. The second-order valence-electron chi connectivity index (χ2n) is 5.58. The molecule has 0 saturated carbocycles. The Hall–Kier alpha value is -1.59. The SMILES string of the molecule is O=C(Nc1cccc(N2CCCC2)c1)C1CC(O)CN1. The van der Waals surface area contributed by atoms with Gasteiger partial charge < -0.3 is 20.6 Å². The molecule has 0 aliphatic carbocycles. The molecule has 0 bridgehead atoms. The Morgan fingerprint density at radius 3 is 2.85 bits per heavy atom. The van der Waals surface area contributed by atoms with Gasteiger partial charge in [0.2, 0.25) is 5.91 Å². The van der Waals surface area contributed by atoms with Crippen LogP contribution >= 0.6 is 0 Å². The molecule has 3 rings (SSSR count). The Bertz CT molecular complexity index is 486. The summed E-state index contributed by atoms with van der Waals surface area (Å²) >= 11 is 0. The minimum absolute atomic E-state index is 0.0693. The number of benzene rings is 1. The molecule has 3 N–H and O–H groups in total. The molecule has 5 heteroatoms. The predicted molar refractivity (Wildman–Crippen MR) is 78.9 cm³/mol. The third-order valence-electron chi connectivity index (χ3n) is 4.01. The number of nitrogens with one attached hydrogen (secondary N) is 2. The van der Waals surface area contributed by atoms with Crippen LogP contribution in [-0.4, -0.2) is 42.8 Å². The Kier molecular flexibility index (Phi) is 3.89. The zero-order chi connectivity index (χ0) is 13.9. The minimum Gasteiger partial charge on any atom is -0.392 e. The van der Waals surface area contributed by atoms with E-state index in [0.29, 0.717) is 13.0 Å². The van der Waals surface area contributed by atoms with E-state index in [-0.39, 0.29) is 11.9 Å². The first kappa shape index (κ1) is 13.4. The lowest BCUT2D eigenvalue weighted by molar-refractivity contribution is -0.117. The minimum atomic E-state index is -0.415. The predicted octanol–water partition coefficient (Wildman–Crippen LogP) is 0.948. The van der Waals surface area contributed by atoms with E-state index in [0.717, 1.165) is 18.8 Å². The van der Waals surface area contributed by atoms with E-state index in [9.17, 15) is 9.90 Å². The molecule has 1 aromatic rings. The number of hydrogen-bond acceptors (Lipinski definition) is 4. The van der Waals surface area contributed by atoms with Crippen molar-refractivity contribution in [3.05, 3.63) is 24.3 Å². The maximum Gasteiger partial charge on any atom is 0.241 e. The van der Waals surface area contributed by atoms with Gasteiger partial charge in [-0.2, -0.15) is 0 Å². The number of aliphatic hydroxyl groups is 1. The van der Waals surface area contributed by atoms with Gasteiger partial charge in [-0.05, 0) is 37.5 Å². The highest BCUT2D eigenvalue weighted by Gasteiger charge is 2.28. The fourth-order valence-electron chi connectivity index (χ4n) is 2.90. The maximum atomic E-state index is 12.1. The highest BCUT2D eigenvalue weighted by atomic mass is 16.3. The summed E-state index contributed by atoms with van der Waals surface area (Å²) in [5, 5.41) is 15.4. The summed E-state index contributed by atoms with van der Waals surface area (Å²) < 4.78 is 0. The van der Waals surface area contributed by atoms with Gasteiger partial charge in [-0.1, -0.05) is 6.07 Å². The van der Waals surface area contributed by atoms with E-state index in [1.165, 1.54) is 18.5 Å². The van der Waals surface area contributed by atoms with Gasteiger partial charge in [0.1, 0.15) is 0 Å². The largest absolute Gasteiger partial charge is 0.392 e. The number of nitrogens with zero attached hydrogens (tertiary/aromatic N) is 1. The average molecular weight is 275 g/mol. The summed E-state index contributed by atoms with van der Waals surface area (Å²) in [6.07, 6.45) is 2.54. The van der Waals surface area contributed by atoms with Gasteiger partial charge in [-0.15, -0.1) is 0 Å². The van der Waals surface area contributed by atoms with Crippen molar-refractivity contribution in [3.8, 4) is 0 Å². The van der Waals surface area contributed by atoms with Crippen LogP contribution in [-0.2, 0) is 4.79 Å². The van der Waals surface area contributed by atoms with Crippen molar-refractivity contribution in [2.24, 2.45) is 0 Å². The van der Waals surface area contributed by atoms with Crippen LogP contribution in [0.4, 0.5) is 11.4 Å². The molecule has 2 fully saturated rings. The lowest BCUT2D eigenvalue weighted by Gasteiger charge is -2.19. The number of β-amino-alcohol motifs (C(OH)–C–C–N with tert-alkyl or cyclic N) is 1. The molecule has 2 unspecified atom stereocenters. The molecule has 108 valence electrons. The van der Waals surface area contributed by atoms with E-state index in [1.807, 2.05) is 18.2 Å². The molecule has 2 saturated heterocycles. The first-order chi connectivity index (χ1) is 9.72. The first-order valence-electron chi connectivity index (χ1n) is 7.30. The van der Waals surface area contributed by atoms with Crippen molar-refractivity contribution < 1.29 is 9.90 Å². The van der Waals surface area contributed by atoms with Crippen LogP contribution in [0, 0.1) is 0 Å². The van der Waals surface area contributed by atoms with E-state index >= 15 is 0 Å². The van der Waals surface area contributed by atoms with Crippen LogP contribution in [0.5, 0.6) is 0 Å². The molecule has 0 spiro atoms. The van der Waals surface area contributed by atoms with E-state index in [2.05, 4.69) is 21.6 Å². The van der Waals surface area contributed by atoms with Gasteiger partial charge in [-0.3, -0.25) is 4.79 Å². The number of carbonyl (C=O) groups excluding carboxylic acids is 1. The third kappa shape index (κ3) is 2.94.